The number of amides is 2. The fourth-order valence-corrected chi connectivity index (χ4v) is 3.84. The average molecular weight is 406 g/mol. The van der Waals surface area contributed by atoms with Gasteiger partial charge in [-0.15, -0.1) is 0 Å². The Morgan fingerprint density at radius 1 is 1.17 bits per heavy atom. The number of aryl methyl sites for hydroxylation is 2. The van der Waals surface area contributed by atoms with Crippen molar-refractivity contribution < 1.29 is 14.3 Å². The van der Waals surface area contributed by atoms with Crippen molar-refractivity contribution in [2.75, 3.05) is 19.0 Å². The number of hydrazine groups is 1. The minimum atomic E-state index is -0.337. The molecule has 0 spiro atoms. The first kappa shape index (κ1) is 20.0. The molecule has 2 heterocycles. The number of nitrogens with one attached hydrogen (secondary N) is 2. The summed E-state index contributed by atoms with van der Waals surface area (Å²) in [6.07, 6.45) is 4.11. The van der Waals surface area contributed by atoms with Crippen LogP contribution in [0, 0.1) is 13.8 Å². The fourth-order valence-electron chi connectivity index (χ4n) is 3.84. The summed E-state index contributed by atoms with van der Waals surface area (Å²) in [5, 5.41) is 4.75. The first-order valence-corrected chi connectivity index (χ1v) is 9.99. The van der Waals surface area contributed by atoms with Gasteiger partial charge in [0.2, 0.25) is 5.91 Å². The fraction of sp³-hybridized carbons (Fsp3) is 0.304. The van der Waals surface area contributed by atoms with Gasteiger partial charge in [0.1, 0.15) is 18.3 Å². The Bertz CT molecular complexity index is 986. The van der Waals surface area contributed by atoms with Gasteiger partial charge in [-0.1, -0.05) is 24.3 Å². The zero-order valence-electron chi connectivity index (χ0n) is 17.4. The van der Waals surface area contributed by atoms with Crippen LogP contribution in [-0.2, 0) is 9.59 Å². The lowest BCUT2D eigenvalue weighted by Gasteiger charge is -2.31. The normalized spacial score (nSPS) is 20.3. The van der Waals surface area contributed by atoms with Crippen molar-refractivity contribution >= 4 is 17.5 Å². The number of hydrogen-bond donors (Lipinski definition) is 2. The maximum Gasteiger partial charge on any atom is 0.251 e. The molecule has 2 unspecified atom stereocenters. The van der Waals surface area contributed by atoms with E-state index in [9.17, 15) is 9.59 Å². The minimum Gasteiger partial charge on any atom is -0.497 e. The van der Waals surface area contributed by atoms with Crippen LogP contribution < -0.4 is 15.5 Å². The van der Waals surface area contributed by atoms with Crippen LogP contribution in [0.4, 0.5) is 5.69 Å². The number of ether oxygens (including phenoxy) is 1. The second kappa shape index (κ2) is 8.20. The largest absolute Gasteiger partial charge is 0.497 e. The average Bonchev–Trinajstić information content (AvgIpc) is 3.18. The number of benzene rings is 2. The van der Waals surface area contributed by atoms with Crippen LogP contribution in [0.25, 0.3) is 0 Å². The Hall–Kier alpha value is -3.32. The van der Waals surface area contributed by atoms with E-state index in [4.69, 9.17) is 4.74 Å². The van der Waals surface area contributed by atoms with Crippen molar-refractivity contribution in [2.45, 2.75) is 32.4 Å². The molecule has 2 amide bonds. The number of hydrogen-bond acceptors (Lipinski definition) is 5. The lowest BCUT2D eigenvalue weighted by Crippen LogP contribution is -2.49. The van der Waals surface area contributed by atoms with Gasteiger partial charge in [-0.2, -0.15) is 0 Å². The van der Waals surface area contributed by atoms with Crippen LogP contribution >= 0.6 is 0 Å². The monoisotopic (exact) mass is 406 g/mol. The van der Waals surface area contributed by atoms with E-state index in [1.807, 2.05) is 67.5 Å². The molecule has 4 rings (SSSR count). The van der Waals surface area contributed by atoms with Gasteiger partial charge in [0, 0.05) is 18.1 Å². The molecule has 2 aromatic rings. The third-order valence-corrected chi connectivity index (χ3v) is 5.57. The van der Waals surface area contributed by atoms with Crippen molar-refractivity contribution in [2.24, 2.45) is 0 Å². The molecule has 156 valence electrons. The van der Waals surface area contributed by atoms with Gasteiger partial charge >= 0.3 is 0 Å². The molecule has 0 aliphatic carbocycles. The summed E-state index contributed by atoms with van der Waals surface area (Å²) < 4.78 is 5.21. The van der Waals surface area contributed by atoms with Crippen molar-refractivity contribution in [3.63, 3.8) is 0 Å². The molecule has 0 bridgehead atoms. The lowest BCUT2D eigenvalue weighted by molar-refractivity contribution is -0.137. The van der Waals surface area contributed by atoms with Crippen LogP contribution in [0.2, 0.25) is 0 Å². The van der Waals surface area contributed by atoms with E-state index in [1.54, 1.807) is 13.3 Å². The zero-order valence-corrected chi connectivity index (χ0v) is 17.4. The van der Waals surface area contributed by atoms with Gasteiger partial charge in [0.15, 0.2) is 0 Å². The number of carbonyl (C=O) groups is 2. The van der Waals surface area contributed by atoms with Gasteiger partial charge in [0.25, 0.3) is 5.91 Å². The Kier molecular flexibility index (Phi) is 5.46. The van der Waals surface area contributed by atoms with Gasteiger partial charge in [-0.3, -0.25) is 9.59 Å². The minimum absolute atomic E-state index is 0.0136. The third-order valence-electron chi connectivity index (χ3n) is 5.57. The third kappa shape index (κ3) is 4.02. The maximum absolute atomic E-state index is 13.0. The van der Waals surface area contributed by atoms with Crippen LogP contribution in [0.1, 0.15) is 29.2 Å². The molecular weight excluding hydrogens is 380 g/mol. The SMILES string of the molecule is COc1ccc(C2CC3C(=O)N(CC(=O)Nc4cc(C)ccc4C)C=CN3N2)cc1. The molecule has 2 aromatic carbocycles. The van der Waals surface area contributed by atoms with E-state index >= 15 is 0 Å². The molecule has 0 saturated carbocycles. The van der Waals surface area contributed by atoms with E-state index in [1.165, 1.54) is 4.90 Å². The molecule has 7 nitrogen and oxygen atoms in total. The van der Waals surface area contributed by atoms with Gasteiger partial charge < -0.3 is 20.0 Å². The van der Waals surface area contributed by atoms with Gasteiger partial charge in [0.05, 0.1) is 13.2 Å². The summed E-state index contributed by atoms with van der Waals surface area (Å²) in [6, 6.07) is 13.4. The van der Waals surface area contributed by atoms with Crippen molar-refractivity contribution in [3.8, 4) is 5.75 Å². The number of rotatable bonds is 5. The highest BCUT2D eigenvalue weighted by Gasteiger charge is 2.40. The zero-order chi connectivity index (χ0) is 21.3. The number of methoxy groups -OCH3 is 1. The molecule has 0 aromatic heterocycles. The predicted octanol–water partition coefficient (Wildman–Crippen LogP) is 2.88. The van der Waals surface area contributed by atoms with E-state index in [0.717, 1.165) is 28.1 Å². The molecule has 2 aliphatic heterocycles. The summed E-state index contributed by atoms with van der Waals surface area (Å²) in [5.41, 5.74) is 7.29. The molecule has 7 heteroatoms. The standard InChI is InChI=1S/C23H26N4O3/c1-15-4-5-16(2)19(12-15)24-22(28)14-26-10-11-27-21(23(26)29)13-20(25-27)17-6-8-18(30-3)9-7-17/h4-12,20-21,25H,13-14H2,1-3H3,(H,24,28). The number of carbonyl (C=O) groups excluding carboxylic acids is 2. The summed E-state index contributed by atoms with van der Waals surface area (Å²) in [6.45, 7) is 3.91. The molecule has 30 heavy (non-hydrogen) atoms. The molecule has 1 saturated heterocycles. The second-order valence-electron chi connectivity index (χ2n) is 7.74. The highest BCUT2D eigenvalue weighted by Crippen LogP contribution is 2.31. The molecule has 1 fully saturated rings. The molecule has 2 atom stereocenters. The quantitative estimate of drug-likeness (QED) is 0.799. The predicted molar refractivity (Wildman–Crippen MR) is 115 cm³/mol. The highest BCUT2D eigenvalue weighted by atomic mass is 16.5. The highest BCUT2D eigenvalue weighted by molar-refractivity contribution is 5.96. The topological polar surface area (TPSA) is 73.9 Å². The summed E-state index contributed by atoms with van der Waals surface area (Å²) in [5.74, 6) is 0.497. The number of anilines is 1. The van der Waals surface area contributed by atoms with E-state index in [0.29, 0.717) is 6.42 Å². The second-order valence-corrected chi connectivity index (χ2v) is 7.74. The smallest absolute Gasteiger partial charge is 0.251 e. The van der Waals surface area contributed by atoms with Gasteiger partial charge in [-0.05, 0) is 55.2 Å². The Morgan fingerprint density at radius 3 is 2.67 bits per heavy atom. The van der Waals surface area contributed by atoms with E-state index in [-0.39, 0.29) is 30.4 Å². The molecule has 2 N–H and O–H groups in total. The van der Waals surface area contributed by atoms with Crippen LogP contribution in [0.15, 0.2) is 54.9 Å². The number of fused-ring (bicyclic) bond motifs is 1. The van der Waals surface area contributed by atoms with Crippen molar-refractivity contribution in [1.29, 1.82) is 0 Å². The van der Waals surface area contributed by atoms with E-state index in [2.05, 4.69) is 10.7 Å². The molecular formula is C23H26N4O3. The van der Waals surface area contributed by atoms with Crippen LogP contribution in [0.5, 0.6) is 5.75 Å². The summed E-state index contributed by atoms with van der Waals surface area (Å²) in [4.78, 5) is 27.0. The Balaban J connectivity index is 1.40. The Morgan fingerprint density at radius 2 is 1.93 bits per heavy atom. The number of nitrogens with zero attached hydrogens (tertiary/aromatic N) is 2. The summed E-state index contributed by atoms with van der Waals surface area (Å²) in [7, 11) is 1.64. The van der Waals surface area contributed by atoms with Crippen LogP contribution in [0.3, 0.4) is 0 Å². The van der Waals surface area contributed by atoms with Crippen molar-refractivity contribution in [3.05, 3.63) is 71.6 Å². The van der Waals surface area contributed by atoms with Gasteiger partial charge in [-0.25, -0.2) is 5.43 Å². The van der Waals surface area contributed by atoms with E-state index < -0.39 is 0 Å². The molecule has 0 radical (unpaired) electrons. The van der Waals surface area contributed by atoms with Crippen molar-refractivity contribution in [1.82, 2.24) is 15.3 Å². The maximum atomic E-state index is 13.0. The Labute approximate surface area is 176 Å². The first-order valence-electron chi connectivity index (χ1n) is 9.99. The molecule has 2 aliphatic rings. The lowest BCUT2D eigenvalue weighted by atomic mass is 10.0. The summed E-state index contributed by atoms with van der Waals surface area (Å²) >= 11 is 0. The van der Waals surface area contributed by atoms with Crippen LogP contribution in [-0.4, -0.2) is 41.4 Å². The first-order chi connectivity index (χ1) is 14.4.